The molecule has 1 rings (SSSR count). The first-order valence-corrected chi connectivity index (χ1v) is 6.96. The molecule has 0 aliphatic rings. The molecule has 0 heterocycles. The van der Waals surface area contributed by atoms with Crippen LogP contribution in [0, 0.1) is 0 Å². The molecule has 3 nitrogen and oxygen atoms in total. The SMILES string of the molecule is COC(=O)CCCS(=O)c1ccccc1Br. The lowest BCUT2D eigenvalue weighted by Gasteiger charge is -2.03. The van der Waals surface area contributed by atoms with Gasteiger partial charge in [0.2, 0.25) is 0 Å². The van der Waals surface area contributed by atoms with Gasteiger partial charge >= 0.3 is 5.97 Å². The van der Waals surface area contributed by atoms with Crippen LogP contribution in [-0.2, 0) is 20.3 Å². The van der Waals surface area contributed by atoms with E-state index in [9.17, 15) is 9.00 Å². The Balaban J connectivity index is 2.47. The fourth-order valence-electron chi connectivity index (χ4n) is 1.19. The van der Waals surface area contributed by atoms with Crippen molar-refractivity contribution >= 4 is 32.7 Å². The standard InChI is InChI=1S/C11H13BrO3S/c1-15-11(13)7-4-8-16(14)10-6-3-2-5-9(10)12/h2-3,5-6H,4,7-8H2,1H3. The molecule has 0 aromatic heterocycles. The van der Waals surface area contributed by atoms with E-state index in [0.29, 0.717) is 18.6 Å². The average molecular weight is 305 g/mol. The highest BCUT2D eigenvalue weighted by atomic mass is 79.9. The molecule has 0 bridgehead atoms. The van der Waals surface area contributed by atoms with E-state index >= 15 is 0 Å². The monoisotopic (exact) mass is 304 g/mol. The molecule has 0 spiro atoms. The van der Waals surface area contributed by atoms with Crippen LogP contribution >= 0.6 is 15.9 Å². The van der Waals surface area contributed by atoms with Gasteiger partial charge in [-0.2, -0.15) is 0 Å². The van der Waals surface area contributed by atoms with Crippen LogP contribution in [0.5, 0.6) is 0 Å². The van der Waals surface area contributed by atoms with Crippen LogP contribution in [0.4, 0.5) is 0 Å². The van der Waals surface area contributed by atoms with Gasteiger partial charge in [0, 0.05) is 16.6 Å². The molecule has 16 heavy (non-hydrogen) atoms. The predicted molar refractivity (Wildman–Crippen MR) is 66.7 cm³/mol. The van der Waals surface area contributed by atoms with E-state index in [1.165, 1.54) is 7.11 Å². The molecular formula is C11H13BrO3S. The van der Waals surface area contributed by atoms with E-state index in [4.69, 9.17) is 0 Å². The normalized spacial score (nSPS) is 12.1. The molecule has 1 atom stereocenters. The Morgan fingerprint density at radius 3 is 2.75 bits per heavy atom. The van der Waals surface area contributed by atoms with Crippen LogP contribution < -0.4 is 0 Å². The quantitative estimate of drug-likeness (QED) is 0.785. The van der Waals surface area contributed by atoms with Crippen molar-refractivity contribution in [2.45, 2.75) is 17.7 Å². The van der Waals surface area contributed by atoms with Crippen LogP contribution in [0.3, 0.4) is 0 Å². The van der Waals surface area contributed by atoms with E-state index in [1.807, 2.05) is 24.3 Å². The molecule has 1 unspecified atom stereocenters. The number of benzene rings is 1. The number of halogens is 1. The van der Waals surface area contributed by atoms with Crippen LogP contribution in [0.25, 0.3) is 0 Å². The highest BCUT2D eigenvalue weighted by molar-refractivity contribution is 9.10. The first-order valence-electron chi connectivity index (χ1n) is 4.85. The molecule has 0 amide bonds. The molecule has 0 saturated carbocycles. The minimum absolute atomic E-state index is 0.260. The number of methoxy groups -OCH3 is 1. The van der Waals surface area contributed by atoms with Crippen molar-refractivity contribution in [2.24, 2.45) is 0 Å². The minimum atomic E-state index is -1.07. The molecule has 0 N–H and O–H groups in total. The zero-order valence-electron chi connectivity index (χ0n) is 8.94. The number of hydrogen-bond acceptors (Lipinski definition) is 3. The van der Waals surface area contributed by atoms with E-state index in [1.54, 1.807) is 0 Å². The Hall–Kier alpha value is -0.680. The number of carbonyl (C=O) groups excluding carboxylic acids is 1. The number of rotatable bonds is 5. The summed E-state index contributed by atoms with van der Waals surface area (Å²) in [5.41, 5.74) is 0. The zero-order valence-corrected chi connectivity index (χ0v) is 11.3. The van der Waals surface area contributed by atoms with Crippen LogP contribution in [0.2, 0.25) is 0 Å². The lowest BCUT2D eigenvalue weighted by molar-refractivity contribution is -0.140. The predicted octanol–water partition coefficient (Wildman–Crippen LogP) is 2.51. The maximum absolute atomic E-state index is 11.9. The van der Waals surface area contributed by atoms with Gasteiger partial charge in [-0.15, -0.1) is 0 Å². The highest BCUT2D eigenvalue weighted by Gasteiger charge is 2.08. The second-order valence-corrected chi connectivity index (χ2v) is 5.55. The molecule has 88 valence electrons. The lowest BCUT2D eigenvalue weighted by atomic mass is 10.3. The van der Waals surface area contributed by atoms with Crippen LogP contribution in [0.1, 0.15) is 12.8 Å². The van der Waals surface area contributed by atoms with Gasteiger partial charge in [0.15, 0.2) is 0 Å². The summed E-state index contributed by atoms with van der Waals surface area (Å²) in [6.07, 6.45) is 0.882. The number of ether oxygens (including phenoxy) is 1. The number of carbonyl (C=O) groups is 1. The first kappa shape index (κ1) is 13.4. The lowest BCUT2D eigenvalue weighted by Crippen LogP contribution is -2.04. The summed E-state index contributed by atoms with van der Waals surface area (Å²) < 4.78 is 17.2. The second kappa shape index (κ2) is 6.81. The summed E-state index contributed by atoms with van der Waals surface area (Å²) in [4.78, 5) is 11.6. The van der Waals surface area contributed by atoms with Crippen molar-refractivity contribution in [1.29, 1.82) is 0 Å². The molecule has 0 aliphatic heterocycles. The summed E-state index contributed by atoms with van der Waals surface area (Å²) in [5.74, 6) is 0.210. The third-order valence-corrected chi connectivity index (χ3v) is 4.48. The van der Waals surface area contributed by atoms with Crippen LogP contribution in [0.15, 0.2) is 33.6 Å². The summed E-state index contributed by atoms with van der Waals surface area (Å²) in [5, 5.41) is 0. The Kier molecular flexibility index (Phi) is 5.69. The molecule has 1 aromatic carbocycles. The van der Waals surface area contributed by atoms with Crippen molar-refractivity contribution < 1.29 is 13.7 Å². The van der Waals surface area contributed by atoms with Crippen molar-refractivity contribution in [3.63, 3.8) is 0 Å². The molecule has 1 aromatic rings. The maximum atomic E-state index is 11.9. The Morgan fingerprint density at radius 1 is 1.44 bits per heavy atom. The third-order valence-electron chi connectivity index (χ3n) is 2.02. The van der Waals surface area contributed by atoms with Gasteiger partial charge in [0.1, 0.15) is 0 Å². The van der Waals surface area contributed by atoms with E-state index in [0.717, 1.165) is 9.37 Å². The number of hydrogen-bond donors (Lipinski definition) is 0. The largest absolute Gasteiger partial charge is 0.469 e. The van der Waals surface area contributed by atoms with E-state index < -0.39 is 10.8 Å². The summed E-state index contributed by atoms with van der Waals surface area (Å²) >= 11 is 3.35. The molecule has 0 aliphatic carbocycles. The van der Waals surface area contributed by atoms with E-state index in [-0.39, 0.29) is 5.97 Å². The van der Waals surface area contributed by atoms with Gasteiger partial charge < -0.3 is 4.74 Å². The fourth-order valence-corrected chi connectivity index (χ4v) is 3.16. The van der Waals surface area contributed by atoms with Crippen molar-refractivity contribution in [2.75, 3.05) is 12.9 Å². The van der Waals surface area contributed by atoms with Crippen molar-refractivity contribution in [1.82, 2.24) is 0 Å². The smallest absolute Gasteiger partial charge is 0.305 e. The highest BCUT2D eigenvalue weighted by Crippen LogP contribution is 2.20. The van der Waals surface area contributed by atoms with Crippen molar-refractivity contribution in [3.8, 4) is 0 Å². The van der Waals surface area contributed by atoms with E-state index in [2.05, 4.69) is 20.7 Å². The summed E-state index contributed by atoms with van der Waals surface area (Å²) in [7, 11) is 0.286. The average Bonchev–Trinajstić information content (AvgIpc) is 2.29. The minimum Gasteiger partial charge on any atom is -0.469 e. The number of esters is 1. The van der Waals surface area contributed by atoms with Gasteiger partial charge in [-0.1, -0.05) is 12.1 Å². The van der Waals surface area contributed by atoms with Gasteiger partial charge in [-0.25, -0.2) is 0 Å². The summed E-state index contributed by atoms with van der Waals surface area (Å²) in [6, 6.07) is 7.39. The molecule has 0 radical (unpaired) electrons. The first-order chi connectivity index (χ1) is 7.65. The zero-order chi connectivity index (χ0) is 12.0. The Bertz CT molecular complexity index is 393. The molecule has 0 fully saturated rings. The fraction of sp³-hybridized carbons (Fsp3) is 0.364. The summed E-state index contributed by atoms with van der Waals surface area (Å²) in [6.45, 7) is 0. The van der Waals surface area contributed by atoms with Crippen LogP contribution in [-0.4, -0.2) is 23.0 Å². The molecular weight excluding hydrogens is 292 g/mol. The maximum Gasteiger partial charge on any atom is 0.305 e. The van der Waals surface area contributed by atoms with Gasteiger partial charge in [-0.05, 0) is 34.5 Å². The Labute approximate surface area is 106 Å². The Morgan fingerprint density at radius 2 is 2.12 bits per heavy atom. The second-order valence-electron chi connectivity index (χ2n) is 3.16. The van der Waals surface area contributed by atoms with Crippen molar-refractivity contribution in [3.05, 3.63) is 28.7 Å². The molecule has 5 heteroatoms. The topological polar surface area (TPSA) is 43.4 Å². The third kappa shape index (κ3) is 4.06. The molecule has 0 saturated heterocycles. The van der Waals surface area contributed by atoms with Gasteiger partial charge in [0.05, 0.1) is 22.8 Å². The van der Waals surface area contributed by atoms with Gasteiger partial charge in [-0.3, -0.25) is 9.00 Å². The van der Waals surface area contributed by atoms with Gasteiger partial charge in [0.25, 0.3) is 0 Å².